The zero-order valence-corrected chi connectivity index (χ0v) is 17.6. The molecule has 0 spiro atoms. The summed E-state index contributed by atoms with van der Waals surface area (Å²) in [6.45, 7) is 1.01. The Labute approximate surface area is 180 Å². The van der Waals surface area contributed by atoms with Crippen molar-refractivity contribution in [1.82, 2.24) is 9.88 Å². The number of benzene rings is 1. The number of rotatable bonds is 6. The third-order valence-corrected chi connectivity index (χ3v) is 6.77. The molecule has 2 amide bonds. The summed E-state index contributed by atoms with van der Waals surface area (Å²) in [6, 6.07) is 16.0. The summed E-state index contributed by atoms with van der Waals surface area (Å²) in [5.41, 5.74) is 8.30. The Morgan fingerprint density at radius 3 is 2.73 bits per heavy atom. The first-order chi connectivity index (χ1) is 14.6. The molecule has 1 fully saturated rings. The van der Waals surface area contributed by atoms with Gasteiger partial charge in [-0.2, -0.15) is 0 Å². The van der Waals surface area contributed by atoms with Gasteiger partial charge in [0.25, 0.3) is 0 Å². The molecule has 3 aromatic rings. The van der Waals surface area contributed by atoms with Gasteiger partial charge in [-0.15, -0.1) is 11.3 Å². The SMILES string of the molecule is NC(=O)[C@@]1(Cc2ccccc2-c2cccs2)CCCN(C(=O)Cc2cccnc2)C1. The van der Waals surface area contributed by atoms with Crippen LogP contribution in [-0.2, 0) is 22.4 Å². The number of thiophene rings is 1. The van der Waals surface area contributed by atoms with Gasteiger partial charge >= 0.3 is 0 Å². The van der Waals surface area contributed by atoms with Crippen LogP contribution < -0.4 is 5.73 Å². The average molecular weight is 420 g/mol. The summed E-state index contributed by atoms with van der Waals surface area (Å²) in [6.07, 6.45) is 5.68. The number of nitrogens with two attached hydrogens (primary N) is 1. The zero-order valence-electron chi connectivity index (χ0n) is 16.8. The maximum Gasteiger partial charge on any atom is 0.227 e. The third kappa shape index (κ3) is 4.28. The van der Waals surface area contributed by atoms with Crippen LogP contribution in [0.2, 0.25) is 0 Å². The Bertz CT molecular complexity index is 1020. The molecule has 0 radical (unpaired) electrons. The van der Waals surface area contributed by atoms with Crippen molar-refractivity contribution in [3.8, 4) is 10.4 Å². The monoisotopic (exact) mass is 419 g/mol. The Balaban J connectivity index is 1.57. The molecule has 2 N–H and O–H groups in total. The molecule has 0 bridgehead atoms. The molecule has 0 aliphatic carbocycles. The van der Waals surface area contributed by atoms with Crippen LogP contribution in [-0.4, -0.2) is 34.8 Å². The molecule has 3 heterocycles. The first-order valence-electron chi connectivity index (χ1n) is 10.2. The summed E-state index contributed by atoms with van der Waals surface area (Å²) < 4.78 is 0. The summed E-state index contributed by atoms with van der Waals surface area (Å²) >= 11 is 1.68. The smallest absolute Gasteiger partial charge is 0.227 e. The number of pyridine rings is 1. The highest BCUT2D eigenvalue weighted by Crippen LogP contribution is 2.37. The second-order valence-corrected chi connectivity index (χ2v) is 8.86. The Morgan fingerprint density at radius 1 is 1.13 bits per heavy atom. The van der Waals surface area contributed by atoms with E-state index in [1.807, 2.05) is 30.3 Å². The van der Waals surface area contributed by atoms with E-state index in [0.29, 0.717) is 25.9 Å². The van der Waals surface area contributed by atoms with Gasteiger partial charge in [0.15, 0.2) is 0 Å². The van der Waals surface area contributed by atoms with Crippen molar-refractivity contribution in [3.05, 3.63) is 77.4 Å². The van der Waals surface area contributed by atoms with Crippen LogP contribution in [0, 0.1) is 5.41 Å². The number of carbonyl (C=O) groups excluding carboxylic acids is 2. The molecule has 6 heteroatoms. The van der Waals surface area contributed by atoms with E-state index >= 15 is 0 Å². The molecule has 30 heavy (non-hydrogen) atoms. The van der Waals surface area contributed by atoms with E-state index in [1.165, 1.54) is 4.88 Å². The molecule has 0 unspecified atom stereocenters. The molecule has 0 saturated carbocycles. The van der Waals surface area contributed by atoms with Gasteiger partial charge in [-0.25, -0.2) is 0 Å². The number of likely N-dealkylation sites (tertiary alicyclic amines) is 1. The molecular formula is C24H25N3O2S. The van der Waals surface area contributed by atoms with Crippen molar-refractivity contribution in [2.75, 3.05) is 13.1 Å². The van der Waals surface area contributed by atoms with E-state index in [9.17, 15) is 9.59 Å². The first-order valence-corrected chi connectivity index (χ1v) is 11.0. The average Bonchev–Trinajstić information content (AvgIpc) is 3.30. The van der Waals surface area contributed by atoms with Gasteiger partial charge in [0.1, 0.15) is 0 Å². The normalized spacial score (nSPS) is 18.9. The van der Waals surface area contributed by atoms with E-state index in [1.54, 1.807) is 28.6 Å². The number of nitrogens with zero attached hydrogens (tertiary/aromatic N) is 2. The Kier molecular flexibility index (Phi) is 5.95. The van der Waals surface area contributed by atoms with Crippen LogP contribution in [0.5, 0.6) is 0 Å². The Hall–Kier alpha value is -2.99. The van der Waals surface area contributed by atoms with Crippen LogP contribution in [0.3, 0.4) is 0 Å². The van der Waals surface area contributed by atoms with Gasteiger partial charge < -0.3 is 10.6 Å². The van der Waals surface area contributed by atoms with E-state index < -0.39 is 5.41 Å². The predicted octanol–water partition coefficient (Wildman–Crippen LogP) is 3.69. The van der Waals surface area contributed by atoms with E-state index in [4.69, 9.17) is 5.73 Å². The van der Waals surface area contributed by atoms with Gasteiger partial charge in [-0.05, 0) is 53.5 Å². The maximum atomic E-state index is 12.9. The fourth-order valence-corrected chi connectivity index (χ4v) is 5.06. The fraction of sp³-hybridized carbons (Fsp3) is 0.292. The van der Waals surface area contributed by atoms with Crippen LogP contribution in [0.4, 0.5) is 0 Å². The number of hydrogen-bond donors (Lipinski definition) is 1. The minimum absolute atomic E-state index is 0.0138. The molecule has 1 atom stereocenters. The summed E-state index contributed by atoms with van der Waals surface area (Å²) in [4.78, 5) is 32.7. The molecule has 1 aromatic carbocycles. The second kappa shape index (κ2) is 8.79. The minimum atomic E-state index is -0.754. The maximum absolute atomic E-state index is 12.9. The first kappa shape index (κ1) is 20.3. The molecule has 2 aromatic heterocycles. The van der Waals surface area contributed by atoms with E-state index in [0.717, 1.165) is 23.1 Å². The number of amides is 2. The fourth-order valence-electron chi connectivity index (χ4n) is 4.28. The molecular weight excluding hydrogens is 394 g/mol. The molecule has 1 aliphatic heterocycles. The van der Waals surface area contributed by atoms with Gasteiger partial charge in [0, 0.05) is 30.4 Å². The van der Waals surface area contributed by atoms with Crippen molar-refractivity contribution in [2.24, 2.45) is 11.1 Å². The number of aromatic nitrogens is 1. The largest absolute Gasteiger partial charge is 0.369 e. The van der Waals surface area contributed by atoms with Crippen molar-refractivity contribution in [2.45, 2.75) is 25.7 Å². The van der Waals surface area contributed by atoms with Crippen LogP contribution in [0.25, 0.3) is 10.4 Å². The molecule has 1 saturated heterocycles. The van der Waals surface area contributed by atoms with Gasteiger partial charge in [-0.1, -0.05) is 36.4 Å². The van der Waals surface area contributed by atoms with Crippen LogP contribution in [0.1, 0.15) is 24.0 Å². The lowest BCUT2D eigenvalue weighted by atomic mass is 9.73. The highest BCUT2D eigenvalue weighted by Gasteiger charge is 2.42. The number of primary amides is 1. The van der Waals surface area contributed by atoms with E-state index in [-0.39, 0.29) is 18.2 Å². The summed E-state index contributed by atoms with van der Waals surface area (Å²) in [7, 11) is 0. The van der Waals surface area contributed by atoms with Gasteiger partial charge in [-0.3, -0.25) is 14.6 Å². The minimum Gasteiger partial charge on any atom is -0.369 e. The zero-order chi connectivity index (χ0) is 21.0. The van der Waals surface area contributed by atoms with Crippen molar-refractivity contribution in [3.63, 3.8) is 0 Å². The van der Waals surface area contributed by atoms with Gasteiger partial charge in [0.05, 0.1) is 11.8 Å². The van der Waals surface area contributed by atoms with Crippen LogP contribution >= 0.6 is 11.3 Å². The summed E-state index contributed by atoms with van der Waals surface area (Å²) in [5, 5.41) is 2.05. The highest BCUT2D eigenvalue weighted by molar-refractivity contribution is 7.13. The topological polar surface area (TPSA) is 76.3 Å². The number of carbonyl (C=O) groups is 2. The predicted molar refractivity (Wildman–Crippen MR) is 119 cm³/mol. The third-order valence-electron chi connectivity index (χ3n) is 5.86. The number of hydrogen-bond acceptors (Lipinski definition) is 4. The van der Waals surface area contributed by atoms with E-state index in [2.05, 4.69) is 28.6 Å². The lowest BCUT2D eigenvalue weighted by Crippen LogP contribution is -2.53. The second-order valence-electron chi connectivity index (χ2n) is 7.91. The number of piperidine rings is 1. The standard InChI is InChI=1S/C24H25N3O2S/c25-23(29)24(15-19-7-1-2-8-20(19)21-9-4-13-30-21)10-5-12-27(17-24)22(28)14-18-6-3-11-26-16-18/h1-4,6-9,11,13,16H,5,10,12,14-15,17H2,(H2,25,29)/t24-/m1/s1. The lowest BCUT2D eigenvalue weighted by Gasteiger charge is -2.41. The van der Waals surface area contributed by atoms with Crippen molar-refractivity contribution >= 4 is 23.2 Å². The Morgan fingerprint density at radius 2 is 2.00 bits per heavy atom. The quantitative estimate of drug-likeness (QED) is 0.662. The molecule has 1 aliphatic rings. The molecule has 154 valence electrons. The van der Waals surface area contributed by atoms with Crippen LogP contribution in [0.15, 0.2) is 66.3 Å². The van der Waals surface area contributed by atoms with Crippen molar-refractivity contribution < 1.29 is 9.59 Å². The molecule has 5 nitrogen and oxygen atoms in total. The highest BCUT2D eigenvalue weighted by atomic mass is 32.1. The van der Waals surface area contributed by atoms with Crippen molar-refractivity contribution in [1.29, 1.82) is 0 Å². The molecule has 4 rings (SSSR count). The summed E-state index contributed by atoms with van der Waals surface area (Å²) in [5.74, 6) is -0.317. The van der Waals surface area contributed by atoms with Gasteiger partial charge in [0.2, 0.25) is 11.8 Å². The lowest BCUT2D eigenvalue weighted by molar-refractivity contribution is -0.139.